The van der Waals surface area contributed by atoms with E-state index in [4.69, 9.17) is 0 Å². The van der Waals surface area contributed by atoms with Crippen LogP contribution in [0.1, 0.15) is 57.6 Å². The van der Waals surface area contributed by atoms with Crippen LogP contribution in [-0.4, -0.2) is 12.8 Å². The highest BCUT2D eigenvalue weighted by Crippen LogP contribution is 2.46. The number of fused-ring (bicyclic) bond motifs is 1. The number of benzene rings is 1. The van der Waals surface area contributed by atoms with Gasteiger partial charge in [0.2, 0.25) is 12.3 Å². The van der Waals surface area contributed by atoms with Gasteiger partial charge in [-0.25, -0.2) is 0 Å². The summed E-state index contributed by atoms with van der Waals surface area (Å²) in [4.78, 5) is 14.9. The second-order valence-corrected chi connectivity index (χ2v) is 8.01. The van der Waals surface area contributed by atoms with Crippen molar-refractivity contribution in [2.24, 2.45) is 0 Å². The Morgan fingerprint density at radius 3 is 2.33 bits per heavy atom. The Morgan fingerprint density at radius 1 is 1.11 bits per heavy atom. The highest BCUT2D eigenvalue weighted by molar-refractivity contribution is 5.91. The maximum absolute atomic E-state index is 12.8. The first-order valence-corrected chi connectivity index (χ1v) is 9.95. The average molecular weight is 364 g/mol. The van der Waals surface area contributed by atoms with Crippen molar-refractivity contribution in [3.05, 3.63) is 71.7 Å². The first kappa shape index (κ1) is 19.3. The molecule has 1 aliphatic rings. The lowest BCUT2D eigenvalue weighted by atomic mass is 9.83. The Morgan fingerprint density at radius 2 is 1.74 bits per heavy atom. The summed E-state index contributed by atoms with van der Waals surface area (Å²) in [5.41, 5.74) is 4.71. The monoisotopic (exact) mass is 363 g/mol. The van der Waals surface area contributed by atoms with Gasteiger partial charge in [-0.05, 0) is 36.0 Å². The van der Waals surface area contributed by atoms with Gasteiger partial charge in [0, 0.05) is 42.1 Å². The van der Waals surface area contributed by atoms with Crippen LogP contribution in [0.15, 0.2) is 60.6 Å². The topological polar surface area (TPSA) is 24.2 Å². The molecule has 0 atom stereocenters. The van der Waals surface area contributed by atoms with Gasteiger partial charge in [-0.15, -0.1) is 0 Å². The third-order valence-corrected chi connectivity index (χ3v) is 5.95. The summed E-state index contributed by atoms with van der Waals surface area (Å²) < 4.78 is 1.97. The second-order valence-electron chi connectivity index (χ2n) is 8.01. The van der Waals surface area contributed by atoms with Crippen LogP contribution in [0, 0.1) is 0 Å². The highest BCUT2D eigenvalue weighted by atomic mass is 16.1. The standard InChI is InChI=1S/C24H31N2O/c1-6-18(7-2)19-12-14-26(15-13-19)17-20(27)16-23-24(3,4)21-10-8-9-11-22(21)25(23)5/h8-16,18H,6-7,17H2,1-5H3/q+1/b23-16+. The number of carbonyl (C=O) groups is 1. The van der Waals surface area contributed by atoms with Gasteiger partial charge < -0.3 is 4.90 Å². The molecular formula is C24H31N2O+. The molecule has 0 fully saturated rings. The van der Waals surface area contributed by atoms with Gasteiger partial charge in [0.1, 0.15) is 0 Å². The molecule has 0 radical (unpaired) electrons. The lowest BCUT2D eigenvalue weighted by Gasteiger charge is -2.23. The van der Waals surface area contributed by atoms with E-state index in [0.717, 1.165) is 18.5 Å². The third kappa shape index (κ3) is 3.69. The second kappa shape index (κ2) is 7.67. The number of pyridine rings is 1. The van der Waals surface area contributed by atoms with Crippen molar-refractivity contribution in [1.82, 2.24) is 0 Å². The summed E-state index contributed by atoms with van der Waals surface area (Å²) in [6.07, 6.45) is 8.17. The van der Waals surface area contributed by atoms with E-state index in [1.807, 2.05) is 36.2 Å². The molecule has 1 aliphatic heterocycles. The summed E-state index contributed by atoms with van der Waals surface area (Å²) >= 11 is 0. The number of nitrogens with zero attached hydrogens (tertiary/aromatic N) is 2. The number of hydrogen-bond acceptors (Lipinski definition) is 2. The predicted molar refractivity (Wildman–Crippen MR) is 111 cm³/mol. The van der Waals surface area contributed by atoms with Crippen molar-refractivity contribution in [2.75, 3.05) is 11.9 Å². The minimum atomic E-state index is -0.162. The number of aromatic nitrogens is 1. The van der Waals surface area contributed by atoms with Crippen molar-refractivity contribution in [3.8, 4) is 0 Å². The first-order chi connectivity index (χ1) is 12.9. The molecule has 27 heavy (non-hydrogen) atoms. The number of hydrogen-bond donors (Lipinski definition) is 0. The number of anilines is 1. The van der Waals surface area contributed by atoms with Crippen LogP contribution in [0.4, 0.5) is 5.69 Å². The molecule has 0 N–H and O–H groups in total. The van der Waals surface area contributed by atoms with Gasteiger partial charge in [-0.1, -0.05) is 45.9 Å². The SMILES string of the molecule is CCC(CC)c1cc[n+](CC(=O)/C=C2/N(C)c3ccccc3C2(C)C)cc1. The normalized spacial score (nSPS) is 16.8. The fourth-order valence-electron chi connectivity index (χ4n) is 4.24. The van der Waals surface area contributed by atoms with Crippen molar-refractivity contribution in [3.63, 3.8) is 0 Å². The number of rotatable bonds is 6. The molecule has 0 saturated heterocycles. The summed E-state index contributed by atoms with van der Waals surface area (Å²) in [7, 11) is 2.05. The zero-order valence-corrected chi connectivity index (χ0v) is 17.2. The van der Waals surface area contributed by atoms with Crippen LogP contribution < -0.4 is 9.47 Å². The van der Waals surface area contributed by atoms with E-state index >= 15 is 0 Å². The molecule has 142 valence electrons. The molecule has 2 aromatic rings. The Labute approximate surface area is 163 Å². The zero-order valence-electron chi connectivity index (χ0n) is 17.2. The van der Waals surface area contributed by atoms with Crippen LogP contribution >= 0.6 is 0 Å². The molecule has 0 spiro atoms. The Hall–Kier alpha value is -2.42. The lowest BCUT2D eigenvalue weighted by Crippen LogP contribution is -2.37. The summed E-state index contributed by atoms with van der Waals surface area (Å²) in [5, 5.41) is 0. The fraction of sp³-hybridized carbons (Fsp3) is 0.417. The maximum atomic E-state index is 12.8. The van der Waals surface area contributed by atoms with E-state index in [0.29, 0.717) is 12.5 Å². The smallest absolute Gasteiger partial charge is 0.222 e. The molecule has 0 amide bonds. The molecule has 0 saturated carbocycles. The van der Waals surface area contributed by atoms with Crippen molar-refractivity contribution in [1.29, 1.82) is 0 Å². The van der Waals surface area contributed by atoms with Crippen molar-refractivity contribution >= 4 is 11.5 Å². The van der Waals surface area contributed by atoms with Crippen LogP contribution in [0.3, 0.4) is 0 Å². The summed E-state index contributed by atoms with van der Waals surface area (Å²) in [6.45, 7) is 9.19. The minimum Gasteiger partial charge on any atom is -0.347 e. The van der Waals surface area contributed by atoms with E-state index in [-0.39, 0.29) is 11.2 Å². The average Bonchev–Trinajstić information content (AvgIpc) is 2.85. The van der Waals surface area contributed by atoms with Crippen molar-refractivity contribution < 1.29 is 9.36 Å². The van der Waals surface area contributed by atoms with E-state index < -0.39 is 0 Å². The molecule has 1 aromatic carbocycles. The van der Waals surface area contributed by atoms with Gasteiger partial charge in [0.15, 0.2) is 12.4 Å². The maximum Gasteiger partial charge on any atom is 0.222 e. The number of para-hydroxylation sites is 1. The van der Waals surface area contributed by atoms with E-state index in [1.54, 1.807) is 0 Å². The van der Waals surface area contributed by atoms with E-state index in [9.17, 15) is 4.79 Å². The van der Waals surface area contributed by atoms with Crippen LogP contribution in [0.5, 0.6) is 0 Å². The quantitative estimate of drug-likeness (QED) is 0.546. The molecule has 2 heterocycles. The van der Waals surface area contributed by atoms with Gasteiger partial charge in [0.25, 0.3) is 0 Å². The van der Waals surface area contributed by atoms with Crippen LogP contribution in [0.25, 0.3) is 0 Å². The van der Waals surface area contributed by atoms with Crippen LogP contribution in [0.2, 0.25) is 0 Å². The van der Waals surface area contributed by atoms with Gasteiger partial charge in [0.05, 0.1) is 0 Å². The summed E-state index contributed by atoms with van der Waals surface area (Å²) in [5.74, 6) is 0.724. The molecule has 3 nitrogen and oxygen atoms in total. The van der Waals surface area contributed by atoms with E-state index in [1.165, 1.54) is 16.8 Å². The minimum absolute atomic E-state index is 0.123. The fourth-order valence-corrected chi connectivity index (χ4v) is 4.24. The molecule has 3 heteroatoms. The first-order valence-electron chi connectivity index (χ1n) is 9.95. The molecular weight excluding hydrogens is 332 g/mol. The number of allylic oxidation sites excluding steroid dienone is 2. The van der Waals surface area contributed by atoms with Gasteiger partial charge >= 0.3 is 0 Å². The molecule has 3 rings (SSSR count). The Balaban J connectivity index is 1.78. The van der Waals surface area contributed by atoms with Gasteiger partial charge in [-0.3, -0.25) is 4.79 Å². The largest absolute Gasteiger partial charge is 0.347 e. The molecule has 0 aliphatic carbocycles. The third-order valence-electron chi connectivity index (χ3n) is 5.95. The number of likely N-dealkylation sites (N-methyl/N-ethyl adjacent to an activating group) is 1. The summed E-state index contributed by atoms with van der Waals surface area (Å²) in [6, 6.07) is 12.7. The Bertz CT molecular complexity index is 845. The van der Waals surface area contributed by atoms with Crippen molar-refractivity contribution in [2.45, 2.75) is 58.4 Å². The van der Waals surface area contributed by atoms with Crippen LogP contribution in [-0.2, 0) is 16.8 Å². The molecule has 0 bridgehead atoms. The predicted octanol–water partition coefficient (Wildman–Crippen LogP) is 4.76. The highest BCUT2D eigenvalue weighted by Gasteiger charge is 2.38. The Kier molecular flexibility index (Phi) is 5.50. The molecule has 1 aromatic heterocycles. The number of carbonyl (C=O) groups excluding carboxylic acids is 1. The lowest BCUT2D eigenvalue weighted by molar-refractivity contribution is -0.684. The van der Waals surface area contributed by atoms with E-state index in [2.05, 4.69) is 62.9 Å². The number of ketones is 1. The zero-order chi connectivity index (χ0) is 19.6. The molecule has 0 unspecified atom stereocenters. The van der Waals surface area contributed by atoms with Gasteiger partial charge in [-0.2, -0.15) is 4.57 Å².